The van der Waals surface area contributed by atoms with E-state index in [9.17, 15) is 0 Å². The molecule has 0 aliphatic heterocycles. The van der Waals surface area contributed by atoms with Gasteiger partial charge in [-0.2, -0.15) is 0 Å². The molecule has 0 aromatic carbocycles. The van der Waals surface area contributed by atoms with Crippen molar-refractivity contribution < 1.29 is 36.3 Å². The van der Waals surface area contributed by atoms with E-state index < -0.39 is 0 Å². The van der Waals surface area contributed by atoms with Crippen molar-refractivity contribution in [3.63, 3.8) is 0 Å². The van der Waals surface area contributed by atoms with Gasteiger partial charge in [0.15, 0.2) is 0 Å². The normalized spacial score (nSPS) is 12.7. The highest BCUT2D eigenvalue weighted by Crippen LogP contribution is 2.21. The van der Waals surface area contributed by atoms with Crippen LogP contribution in [-0.2, 0) is 0 Å². The Morgan fingerprint density at radius 1 is 0.353 bits per heavy atom. The summed E-state index contributed by atoms with van der Waals surface area (Å²) in [4.78, 5) is 0. The zero-order valence-electron chi connectivity index (χ0n) is 23.7. The van der Waals surface area contributed by atoms with Crippen LogP contribution in [0.25, 0.3) is 0 Å². The molecule has 0 saturated carbocycles. The minimum atomic E-state index is 0. The molecule has 6 N–H and O–H groups in total. The van der Waals surface area contributed by atoms with Crippen molar-refractivity contribution in [1.82, 2.24) is 0 Å². The maximum atomic E-state index is 4.25. The molecule has 0 fully saturated rings. The largest absolute Gasteiger partial charge is 1.00 e. The molecule has 0 aliphatic rings. The first kappa shape index (κ1) is 39.0. The lowest BCUT2D eigenvalue weighted by atomic mass is 9.91. The van der Waals surface area contributed by atoms with Crippen LogP contribution in [0.5, 0.6) is 0 Å². The zero-order chi connectivity index (χ0) is 23.5. The van der Waals surface area contributed by atoms with Crippen molar-refractivity contribution in [1.29, 1.82) is 0 Å². The molecule has 0 rings (SSSR count). The SMILES string of the molecule is CCCCCCCCCCCC(C[NH3+])CCCCC(C[NH3+])CCCCCCCCCCC.[Cl-].[Cl-]. The summed E-state index contributed by atoms with van der Waals surface area (Å²) in [6.07, 6.45) is 34.5. The van der Waals surface area contributed by atoms with Gasteiger partial charge in [0.05, 0.1) is 13.1 Å². The second-order valence-corrected chi connectivity index (χ2v) is 10.8. The fraction of sp³-hybridized carbons (Fsp3) is 1.00. The predicted octanol–water partition coefficient (Wildman–Crippen LogP) is 2.11. The van der Waals surface area contributed by atoms with Crippen LogP contribution < -0.4 is 36.3 Å². The van der Waals surface area contributed by atoms with Crippen molar-refractivity contribution in [3.05, 3.63) is 0 Å². The maximum absolute atomic E-state index is 4.25. The molecule has 0 aromatic heterocycles. The Labute approximate surface area is 228 Å². The van der Waals surface area contributed by atoms with Gasteiger partial charge in [-0.15, -0.1) is 0 Å². The summed E-state index contributed by atoms with van der Waals surface area (Å²) in [7, 11) is 0. The molecule has 210 valence electrons. The summed E-state index contributed by atoms with van der Waals surface area (Å²) < 4.78 is 0. The molecule has 0 aromatic rings. The van der Waals surface area contributed by atoms with Gasteiger partial charge in [0, 0.05) is 11.8 Å². The average Bonchev–Trinajstić information content (AvgIpc) is 2.81. The van der Waals surface area contributed by atoms with Crippen molar-refractivity contribution in [2.45, 2.75) is 168 Å². The Morgan fingerprint density at radius 3 is 0.794 bits per heavy atom. The highest BCUT2D eigenvalue weighted by molar-refractivity contribution is 4.62. The van der Waals surface area contributed by atoms with E-state index in [1.54, 1.807) is 0 Å². The third-order valence-electron chi connectivity index (χ3n) is 7.72. The summed E-state index contributed by atoms with van der Waals surface area (Å²) in [5.74, 6) is 1.77. The summed E-state index contributed by atoms with van der Waals surface area (Å²) in [6.45, 7) is 6.90. The molecule has 34 heavy (non-hydrogen) atoms. The molecule has 0 heterocycles. The van der Waals surface area contributed by atoms with Crippen LogP contribution in [0.3, 0.4) is 0 Å². The van der Waals surface area contributed by atoms with Crippen LogP contribution in [0.1, 0.15) is 168 Å². The molecule has 0 amide bonds. The monoisotopic (exact) mass is 524 g/mol. The lowest BCUT2D eigenvalue weighted by molar-refractivity contribution is -0.380. The van der Waals surface area contributed by atoms with Gasteiger partial charge in [-0.3, -0.25) is 0 Å². The molecular formula is C30H66Cl2N2. The van der Waals surface area contributed by atoms with E-state index in [1.807, 2.05) is 0 Å². The van der Waals surface area contributed by atoms with Crippen molar-refractivity contribution >= 4 is 0 Å². The van der Waals surface area contributed by atoms with Gasteiger partial charge in [0.2, 0.25) is 0 Å². The van der Waals surface area contributed by atoms with Gasteiger partial charge in [-0.05, 0) is 25.7 Å². The Morgan fingerprint density at radius 2 is 0.559 bits per heavy atom. The van der Waals surface area contributed by atoms with Gasteiger partial charge in [0.25, 0.3) is 0 Å². The molecule has 0 spiro atoms. The number of halogens is 2. The predicted molar refractivity (Wildman–Crippen MR) is 145 cm³/mol. The minimum absolute atomic E-state index is 0. The quantitative estimate of drug-likeness (QED) is 0.154. The Bertz CT molecular complexity index is 310. The van der Waals surface area contributed by atoms with E-state index >= 15 is 0 Å². The number of rotatable bonds is 27. The Kier molecular flexibility index (Phi) is 38.4. The molecule has 0 saturated heterocycles. The summed E-state index contributed by atoms with van der Waals surface area (Å²) in [6, 6.07) is 0. The van der Waals surface area contributed by atoms with E-state index in [4.69, 9.17) is 0 Å². The third-order valence-corrected chi connectivity index (χ3v) is 7.72. The van der Waals surface area contributed by atoms with Gasteiger partial charge >= 0.3 is 0 Å². The van der Waals surface area contributed by atoms with Crippen molar-refractivity contribution in [2.75, 3.05) is 13.1 Å². The lowest BCUT2D eigenvalue weighted by Crippen LogP contribution is -3.00. The van der Waals surface area contributed by atoms with Crippen LogP contribution in [0.2, 0.25) is 0 Å². The molecule has 2 unspecified atom stereocenters. The topological polar surface area (TPSA) is 55.3 Å². The van der Waals surface area contributed by atoms with Crippen LogP contribution in [0.4, 0.5) is 0 Å². The van der Waals surface area contributed by atoms with Crippen LogP contribution >= 0.6 is 0 Å². The number of hydrogen-bond acceptors (Lipinski definition) is 0. The van der Waals surface area contributed by atoms with Gasteiger partial charge in [0.1, 0.15) is 0 Å². The van der Waals surface area contributed by atoms with Crippen LogP contribution in [-0.4, -0.2) is 13.1 Å². The molecule has 0 bridgehead atoms. The summed E-state index contributed by atoms with van der Waals surface area (Å²) in [5, 5.41) is 0. The zero-order valence-corrected chi connectivity index (χ0v) is 25.2. The fourth-order valence-corrected chi connectivity index (χ4v) is 5.22. The standard InChI is InChI=1S/C30H64N2.2ClH/c1-3-5-7-9-11-13-15-17-19-23-29(27-31)25-21-22-26-30(28-32)24-20-18-16-14-12-10-8-6-4-2;;/h29-30H,3-28,31-32H2,1-2H3;2*1H. The van der Waals surface area contributed by atoms with Crippen LogP contribution in [0.15, 0.2) is 0 Å². The van der Waals surface area contributed by atoms with Gasteiger partial charge in [-0.25, -0.2) is 0 Å². The van der Waals surface area contributed by atoms with E-state index in [2.05, 4.69) is 25.3 Å². The first-order chi connectivity index (χ1) is 15.8. The number of unbranched alkanes of at least 4 members (excludes halogenated alkanes) is 17. The first-order valence-corrected chi connectivity index (χ1v) is 15.4. The molecule has 0 radical (unpaired) electrons. The highest BCUT2D eigenvalue weighted by atomic mass is 35.5. The summed E-state index contributed by atoms with van der Waals surface area (Å²) >= 11 is 0. The average molecular weight is 526 g/mol. The second kappa shape index (κ2) is 33.5. The van der Waals surface area contributed by atoms with Crippen molar-refractivity contribution in [3.8, 4) is 0 Å². The van der Waals surface area contributed by atoms with E-state index in [-0.39, 0.29) is 24.8 Å². The molecule has 4 heteroatoms. The lowest BCUT2D eigenvalue weighted by Gasteiger charge is -2.15. The Hall–Kier alpha value is 0.500. The van der Waals surface area contributed by atoms with Crippen LogP contribution in [0, 0.1) is 11.8 Å². The molecule has 0 aliphatic carbocycles. The van der Waals surface area contributed by atoms with Gasteiger partial charge < -0.3 is 36.3 Å². The molecule has 2 nitrogen and oxygen atoms in total. The smallest absolute Gasteiger partial charge is 0.0768 e. The van der Waals surface area contributed by atoms with E-state index in [1.165, 1.54) is 154 Å². The second-order valence-electron chi connectivity index (χ2n) is 10.8. The highest BCUT2D eigenvalue weighted by Gasteiger charge is 2.11. The van der Waals surface area contributed by atoms with Gasteiger partial charge in [-0.1, -0.05) is 142 Å². The first-order valence-electron chi connectivity index (χ1n) is 15.4. The Balaban J connectivity index is -0.00000480. The number of hydrogen-bond donors (Lipinski definition) is 2. The minimum Gasteiger partial charge on any atom is -1.00 e. The molecule has 2 atom stereocenters. The van der Waals surface area contributed by atoms with E-state index in [0.717, 1.165) is 24.9 Å². The molecular weight excluding hydrogens is 459 g/mol. The fourth-order valence-electron chi connectivity index (χ4n) is 5.22. The number of quaternary nitrogens is 2. The summed E-state index contributed by atoms with van der Waals surface area (Å²) in [5.41, 5.74) is 8.50. The maximum Gasteiger partial charge on any atom is 0.0768 e. The van der Waals surface area contributed by atoms with Crippen molar-refractivity contribution in [2.24, 2.45) is 11.8 Å². The third kappa shape index (κ3) is 28.7. The van der Waals surface area contributed by atoms with E-state index in [0.29, 0.717) is 0 Å².